The topological polar surface area (TPSA) is 93.2 Å². The number of carbonyl (C=O) groups is 1. The van der Waals surface area contributed by atoms with E-state index in [1.165, 1.54) is 11.3 Å². The van der Waals surface area contributed by atoms with Gasteiger partial charge in [0.25, 0.3) is 0 Å². The van der Waals surface area contributed by atoms with Crippen LogP contribution in [-0.2, 0) is 15.8 Å². The molecule has 0 saturated heterocycles. The first-order valence-electron chi connectivity index (χ1n) is 10.7. The zero-order valence-electron chi connectivity index (χ0n) is 18.0. The number of thiazole rings is 1. The van der Waals surface area contributed by atoms with Crippen LogP contribution in [0.15, 0.2) is 48.1 Å². The number of rotatable bonds is 10. The fourth-order valence-corrected chi connectivity index (χ4v) is 5.27. The van der Waals surface area contributed by atoms with Crippen molar-refractivity contribution in [3.8, 4) is 16.9 Å². The van der Waals surface area contributed by atoms with E-state index in [1.54, 1.807) is 12.4 Å². The monoisotopic (exact) mass is 470 g/mol. The summed E-state index contributed by atoms with van der Waals surface area (Å²) in [6.45, 7) is 4.48. The number of hydrogen-bond acceptors (Lipinski definition) is 6. The molecule has 2 unspecified atom stereocenters. The van der Waals surface area contributed by atoms with Gasteiger partial charge in [-0.3, -0.25) is 14.5 Å². The summed E-state index contributed by atoms with van der Waals surface area (Å²) in [6.07, 6.45) is 6.08. The van der Waals surface area contributed by atoms with Crippen molar-refractivity contribution >= 4 is 39.0 Å². The first-order valence-corrected chi connectivity index (χ1v) is 12.8. The Hall–Kier alpha value is -2.78. The van der Waals surface area contributed by atoms with Crippen LogP contribution in [0.1, 0.15) is 44.7 Å². The molecule has 1 amide bonds. The molecular weight excluding hydrogens is 444 g/mol. The van der Waals surface area contributed by atoms with Crippen LogP contribution < -0.4 is 14.8 Å². The Balaban J connectivity index is 1.40. The minimum Gasteiger partial charge on any atom is -0.492 e. The number of hydrogen-bond donors (Lipinski definition) is 2. The van der Waals surface area contributed by atoms with Crippen molar-refractivity contribution in [2.75, 3.05) is 16.6 Å². The molecule has 0 bridgehead atoms. The lowest BCUT2D eigenvalue weighted by atomic mass is 10.0. The molecule has 2 heterocycles. The maximum absolute atomic E-state index is 12.9. The van der Waals surface area contributed by atoms with E-state index in [-0.39, 0.29) is 17.1 Å². The molecule has 2 N–H and O–H groups in total. The number of ether oxygens (including phenoxy) is 1. The fourth-order valence-electron chi connectivity index (χ4n) is 3.27. The predicted octanol–water partition coefficient (Wildman–Crippen LogP) is 4.97. The first-order chi connectivity index (χ1) is 15.6. The molecule has 168 valence electrons. The summed E-state index contributed by atoms with van der Waals surface area (Å²) in [5.74, 6) is 0.245. The van der Waals surface area contributed by atoms with Crippen LogP contribution >= 0.6 is 11.3 Å². The maximum atomic E-state index is 12.9. The van der Waals surface area contributed by atoms with E-state index in [9.17, 15) is 9.00 Å². The van der Waals surface area contributed by atoms with E-state index in [1.807, 2.05) is 49.6 Å². The minimum absolute atomic E-state index is 0.111. The summed E-state index contributed by atoms with van der Waals surface area (Å²) in [5.41, 5.74) is 3.35. The lowest BCUT2D eigenvalue weighted by Crippen LogP contribution is -2.21. The highest BCUT2D eigenvalue weighted by molar-refractivity contribution is 7.87. The maximum Gasteiger partial charge on any atom is 0.233 e. The summed E-state index contributed by atoms with van der Waals surface area (Å²) < 4.78 is 20.5. The number of carbonyl (C=O) groups excluding carboxylic acids is 1. The van der Waals surface area contributed by atoms with Crippen molar-refractivity contribution in [3.05, 3.63) is 53.8 Å². The molecule has 2 aromatic heterocycles. The number of benzene rings is 1. The lowest BCUT2D eigenvalue weighted by molar-refractivity contribution is -0.117. The number of nitrogens with zero attached hydrogens (tertiary/aromatic N) is 2. The van der Waals surface area contributed by atoms with Gasteiger partial charge in [-0.2, -0.15) is 0 Å². The molecule has 9 heteroatoms. The molecule has 0 aliphatic heterocycles. The van der Waals surface area contributed by atoms with Crippen LogP contribution in [-0.4, -0.2) is 31.9 Å². The van der Waals surface area contributed by atoms with E-state index in [2.05, 4.69) is 20.0 Å². The Morgan fingerprint density at radius 3 is 2.69 bits per heavy atom. The Bertz CT molecular complexity index is 1100. The Morgan fingerprint density at radius 1 is 1.22 bits per heavy atom. The predicted molar refractivity (Wildman–Crippen MR) is 129 cm³/mol. The summed E-state index contributed by atoms with van der Waals surface area (Å²) in [6, 6.07) is 9.59. The van der Waals surface area contributed by atoms with Gasteiger partial charge in [-0.25, -0.2) is 9.19 Å². The lowest BCUT2D eigenvalue weighted by Gasteiger charge is -2.13. The molecule has 32 heavy (non-hydrogen) atoms. The van der Waals surface area contributed by atoms with Gasteiger partial charge in [-0.05, 0) is 49.9 Å². The molecule has 1 aromatic carbocycles. The molecule has 0 spiro atoms. The van der Waals surface area contributed by atoms with E-state index in [4.69, 9.17) is 4.74 Å². The Morgan fingerprint density at radius 2 is 2.00 bits per heavy atom. The van der Waals surface area contributed by atoms with Crippen molar-refractivity contribution in [1.29, 1.82) is 0 Å². The second-order valence-electron chi connectivity index (χ2n) is 7.55. The van der Waals surface area contributed by atoms with Crippen LogP contribution in [0.4, 0.5) is 10.8 Å². The van der Waals surface area contributed by atoms with Gasteiger partial charge in [0.2, 0.25) is 5.91 Å². The summed E-state index contributed by atoms with van der Waals surface area (Å²) in [7, 11) is -1.09. The third-order valence-electron chi connectivity index (χ3n) is 5.13. The van der Waals surface area contributed by atoms with Crippen molar-refractivity contribution < 1.29 is 13.7 Å². The van der Waals surface area contributed by atoms with Gasteiger partial charge < -0.3 is 10.1 Å². The van der Waals surface area contributed by atoms with Gasteiger partial charge in [0.1, 0.15) is 16.7 Å². The van der Waals surface area contributed by atoms with Crippen LogP contribution in [0.5, 0.6) is 5.75 Å². The highest BCUT2D eigenvalue weighted by Crippen LogP contribution is 2.30. The van der Waals surface area contributed by atoms with Crippen LogP contribution in [0.2, 0.25) is 0 Å². The second kappa shape index (κ2) is 10.2. The molecule has 1 aliphatic carbocycles. The molecule has 4 rings (SSSR count). The van der Waals surface area contributed by atoms with Gasteiger partial charge in [0.15, 0.2) is 5.13 Å². The Labute approximate surface area is 194 Å². The van der Waals surface area contributed by atoms with Crippen LogP contribution in [0, 0.1) is 0 Å². The second-order valence-corrected chi connectivity index (χ2v) is 9.87. The highest BCUT2D eigenvalue weighted by atomic mass is 32.2. The van der Waals surface area contributed by atoms with Gasteiger partial charge in [-0.1, -0.05) is 19.1 Å². The van der Waals surface area contributed by atoms with Crippen molar-refractivity contribution in [2.24, 2.45) is 0 Å². The standard InChI is InChI=1S/C23H26N4O3S2/c1-3-20(21-14-31-23(26-21)27-32(29)19-9-10-19)22(28)25-17-7-5-15(6-8-17)16-11-18(30-4-2)13-24-12-16/h5-8,11-14,19-20H,3-4,9-10H2,1-2H3,(H,25,28)(H,26,27). The zero-order valence-corrected chi connectivity index (χ0v) is 19.7. The average Bonchev–Trinajstić information content (AvgIpc) is 3.56. The molecule has 0 radical (unpaired) electrons. The quantitative estimate of drug-likeness (QED) is 0.436. The smallest absolute Gasteiger partial charge is 0.233 e. The minimum atomic E-state index is -1.09. The van der Waals surface area contributed by atoms with Gasteiger partial charge in [-0.15, -0.1) is 11.3 Å². The Kier molecular flexibility index (Phi) is 7.16. The molecule has 7 nitrogen and oxygen atoms in total. The van der Waals surface area contributed by atoms with Crippen molar-refractivity contribution in [3.63, 3.8) is 0 Å². The fraction of sp³-hybridized carbons (Fsp3) is 0.348. The number of aromatic nitrogens is 2. The van der Waals surface area contributed by atoms with Gasteiger partial charge >= 0.3 is 0 Å². The van der Waals surface area contributed by atoms with Gasteiger partial charge in [0, 0.05) is 22.8 Å². The molecule has 1 saturated carbocycles. The molecule has 1 aliphatic rings. The third kappa shape index (κ3) is 5.52. The summed E-state index contributed by atoms with van der Waals surface area (Å²) in [4.78, 5) is 21.6. The SMILES string of the molecule is CCOc1cncc(-c2ccc(NC(=O)C(CC)c3csc(NS(=O)C4CC4)n3)cc2)c1. The van der Waals surface area contributed by atoms with E-state index >= 15 is 0 Å². The van der Waals surface area contributed by atoms with E-state index in [0.29, 0.717) is 23.9 Å². The molecular formula is C23H26N4O3S2. The number of pyridine rings is 1. The molecule has 2 atom stereocenters. The van der Waals surface area contributed by atoms with Gasteiger partial charge in [0.05, 0.1) is 29.7 Å². The highest BCUT2D eigenvalue weighted by Gasteiger charge is 2.29. The number of nitrogens with one attached hydrogen (secondary N) is 2. The van der Waals surface area contributed by atoms with Crippen LogP contribution in [0.3, 0.4) is 0 Å². The van der Waals surface area contributed by atoms with Crippen molar-refractivity contribution in [2.45, 2.75) is 44.3 Å². The largest absolute Gasteiger partial charge is 0.492 e. The van der Waals surface area contributed by atoms with E-state index < -0.39 is 11.0 Å². The number of amides is 1. The molecule has 3 aromatic rings. The zero-order chi connectivity index (χ0) is 22.5. The third-order valence-corrected chi connectivity index (χ3v) is 7.51. The van der Waals surface area contributed by atoms with Crippen LogP contribution in [0.25, 0.3) is 11.1 Å². The number of anilines is 2. The summed E-state index contributed by atoms with van der Waals surface area (Å²) in [5, 5.41) is 5.68. The first kappa shape index (κ1) is 22.4. The molecule has 1 fully saturated rings. The normalized spacial score (nSPS) is 15.1. The van der Waals surface area contributed by atoms with Crippen molar-refractivity contribution in [1.82, 2.24) is 9.97 Å². The van der Waals surface area contributed by atoms with E-state index in [0.717, 1.165) is 35.4 Å². The average molecular weight is 471 g/mol. The summed E-state index contributed by atoms with van der Waals surface area (Å²) >= 11 is 1.38.